The molecule has 0 aliphatic heterocycles. The molecule has 0 unspecified atom stereocenters. The van der Waals surface area contributed by atoms with E-state index < -0.39 is 5.91 Å². The predicted molar refractivity (Wildman–Crippen MR) is 97.8 cm³/mol. The van der Waals surface area contributed by atoms with Gasteiger partial charge in [0.25, 0.3) is 0 Å². The summed E-state index contributed by atoms with van der Waals surface area (Å²) < 4.78 is 0. The van der Waals surface area contributed by atoms with Crippen LogP contribution < -0.4 is 16.4 Å². The first-order chi connectivity index (χ1) is 11.6. The molecule has 0 spiro atoms. The van der Waals surface area contributed by atoms with Gasteiger partial charge < -0.3 is 16.4 Å². The van der Waals surface area contributed by atoms with Crippen LogP contribution in [-0.2, 0) is 19.5 Å². The Bertz CT molecular complexity index is 725. The highest BCUT2D eigenvalue weighted by molar-refractivity contribution is 5.92. The van der Waals surface area contributed by atoms with Crippen molar-refractivity contribution in [3.8, 4) is 0 Å². The van der Waals surface area contributed by atoms with Crippen LogP contribution in [0, 0.1) is 0 Å². The van der Waals surface area contributed by atoms with Gasteiger partial charge in [-0.05, 0) is 35.2 Å². The number of carbonyl (C=O) groups is 1. The van der Waals surface area contributed by atoms with Crippen LogP contribution in [0.1, 0.15) is 34.0 Å². The number of rotatable bonds is 6. The monoisotopic (exact) mass is 324 g/mol. The fourth-order valence-corrected chi connectivity index (χ4v) is 2.49. The second-order valence-corrected chi connectivity index (χ2v) is 5.47. The Kier molecular flexibility index (Phi) is 6.37. The second-order valence-electron chi connectivity index (χ2n) is 5.47. The highest BCUT2D eigenvalue weighted by Crippen LogP contribution is 2.09. The van der Waals surface area contributed by atoms with Crippen molar-refractivity contribution in [2.45, 2.75) is 26.4 Å². The summed E-state index contributed by atoms with van der Waals surface area (Å²) in [6.07, 6.45) is 1.00. The Morgan fingerprint density at radius 3 is 2.42 bits per heavy atom. The lowest BCUT2D eigenvalue weighted by molar-refractivity contribution is 0.1000. The Morgan fingerprint density at radius 1 is 1.04 bits per heavy atom. The highest BCUT2D eigenvalue weighted by Gasteiger charge is 2.04. The van der Waals surface area contributed by atoms with Crippen molar-refractivity contribution in [2.24, 2.45) is 10.7 Å². The smallest absolute Gasteiger partial charge is 0.248 e. The molecule has 5 nitrogen and oxygen atoms in total. The van der Waals surface area contributed by atoms with Crippen LogP contribution in [-0.4, -0.2) is 18.9 Å². The second kappa shape index (κ2) is 8.72. The first kappa shape index (κ1) is 17.5. The minimum Gasteiger partial charge on any atom is -0.366 e. The van der Waals surface area contributed by atoms with Gasteiger partial charge in [-0.1, -0.05) is 43.3 Å². The van der Waals surface area contributed by atoms with Crippen molar-refractivity contribution in [2.75, 3.05) is 7.05 Å². The van der Waals surface area contributed by atoms with Gasteiger partial charge in [0, 0.05) is 25.7 Å². The van der Waals surface area contributed by atoms with Gasteiger partial charge in [0.05, 0.1) is 0 Å². The summed E-state index contributed by atoms with van der Waals surface area (Å²) in [5.41, 5.74) is 9.38. The molecular formula is C19H24N4O. The van der Waals surface area contributed by atoms with Gasteiger partial charge in [-0.25, -0.2) is 0 Å². The lowest BCUT2D eigenvalue weighted by Gasteiger charge is -2.14. The zero-order valence-corrected chi connectivity index (χ0v) is 14.2. The van der Waals surface area contributed by atoms with Crippen LogP contribution in [0.25, 0.3) is 0 Å². The van der Waals surface area contributed by atoms with E-state index in [-0.39, 0.29) is 0 Å². The molecular weight excluding hydrogens is 300 g/mol. The number of aryl methyl sites for hydroxylation is 1. The molecule has 0 saturated heterocycles. The first-order valence-corrected chi connectivity index (χ1v) is 8.04. The molecule has 0 atom stereocenters. The Morgan fingerprint density at radius 2 is 1.75 bits per heavy atom. The summed E-state index contributed by atoms with van der Waals surface area (Å²) in [5, 5.41) is 6.56. The summed E-state index contributed by atoms with van der Waals surface area (Å²) in [6, 6.07) is 15.6. The molecule has 126 valence electrons. The van der Waals surface area contributed by atoms with Crippen molar-refractivity contribution in [3.05, 3.63) is 70.8 Å². The van der Waals surface area contributed by atoms with Crippen molar-refractivity contribution in [1.82, 2.24) is 10.6 Å². The van der Waals surface area contributed by atoms with Crippen molar-refractivity contribution < 1.29 is 4.79 Å². The summed E-state index contributed by atoms with van der Waals surface area (Å²) >= 11 is 0. The molecule has 0 fully saturated rings. The minimum absolute atomic E-state index is 0.421. The van der Waals surface area contributed by atoms with Gasteiger partial charge in [0.1, 0.15) is 0 Å². The highest BCUT2D eigenvalue weighted by atomic mass is 16.1. The normalized spacial score (nSPS) is 11.2. The van der Waals surface area contributed by atoms with Gasteiger partial charge in [-0.3, -0.25) is 9.79 Å². The number of guanidine groups is 1. The van der Waals surface area contributed by atoms with E-state index in [1.54, 1.807) is 19.2 Å². The average molecular weight is 324 g/mol. The summed E-state index contributed by atoms with van der Waals surface area (Å²) in [6.45, 7) is 3.43. The molecule has 0 saturated carbocycles. The van der Waals surface area contributed by atoms with E-state index in [1.807, 2.05) is 18.2 Å². The minimum atomic E-state index is -0.421. The number of hydrogen-bond acceptors (Lipinski definition) is 2. The number of nitrogens with one attached hydrogen (secondary N) is 2. The van der Waals surface area contributed by atoms with E-state index in [0.717, 1.165) is 12.0 Å². The first-order valence-electron chi connectivity index (χ1n) is 8.04. The molecule has 2 aromatic rings. The molecule has 24 heavy (non-hydrogen) atoms. The largest absolute Gasteiger partial charge is 0.366 e. The zero-order chi connectivity index (χ0) is 17.4. The quantitative estimate of drug-likeness (QED) is 0.563. The fraction of sp³-hybridized carbons (Fsp3) is 0.263. The molecule has 5 heteroatoms. The topological polar surface area (TPSA) is 79.5 Å². The van der Waals surface area contributed by atoms with Crippen LogP contribution in [0.4, 0.5) is 0 Å². The van der Waals surface area contributed by atoms with Gasteiger partial charge in [0.15, 0.2) is 5.96 Å². The SMILES string of the molecule is CCc1ccccc1CNC(=NC)NCc1cccc(C(N)=O)c1. The maximum atomic E-state index is 11.2. The van der Waals surface area contributed by atoms with Crippen LogP contribution in [0.15, 0.2) is 53.5 Å². The number of benzene rings is 2. The van der Waals surface area contributed by atoms with Crippen molar-refractivity contribution in [1.29, 1.82) is 0 Å². The van der Waals surface area contributed by atoms with E-state index in [0.29, 0.717) is 24.6 Å². The van der Waals surface area contributed by atoms with Crippen LogP contribution in [0.3, 0.4) is 0 Å². The summed E-state index contributed by atoms with van der Waals surface area (Å²) in [7, 11) is 1.74. The molecule has 2 aromatic carbocycles. The zero-order valence-electron chi connectivity index (χ0n) is 14.2. The third-order valence-electron chi connectivity index (χ3n) is 3.84. The third-order valence-corrected chi connectivity index (χ3v) is 3.84. The maximum absolute atomic E-state index is 11.2. The molecule has 0 radical (unpaired) electrons. The van der Waals surface area contributed by atoms with E-state index in [4.69, 9.17) is 5.73 Å². The third kappa shape index (κ3) is 4.84. The number of aliphatic imine (C=N–C) groups is 1. The fourth-order valence-electron chi connectivity index (χ4n) is 2.49. The molecule has 0 bridgehead atoms. The molecule has 4 N–H and O–H groups in total. The van der Waals surface area contributed by atoms with Gasteiger partial charge >= 0.3 is 0 Å². The maximum Gasteiger partial charge on any atom is 0.248 e. The number of amides is 1. The van der Waals surface area contributed by atoms with Gasteiger partial charge in [-0.15, -0.1) is 0 Å². The van der Waals surface area contributed by atoms with E-state index >= 15 is 0 Å². The Balaban J connectivity index is 1.93. The number of hydrogen-bond donors (Lipinski definition) is 3. The van der Waals surface area contributed by atoms with Crippen LogP contribution >= 0.6 is 0 Å². The molecule has 1 amide bonds. The van der Waals surface area contributed by atoms with Crippen LogP contribution in [0.2, 0.25) is 0 Å². The van der Waals surface area contributed by atoms with Gasteiger partial charge in [-0.2, -0.15) is 0 Å². The standard InChI is InChI=1S/C19H24N4O/c1-3-15-8-4-5-9-17(15)13-23-19(21-2)22-12-14-7-6-10-16(11-14)18(20)24/h4-11H,3,12-13H2,1-2H3,(H2,20,24)(H2,21,22,23). The predicted octanol–water partition coefficient (Wildman–Crippen LogP) is 2.21. The Labute approximate surface area is 143 Å². The Hall–Kier alpha value is -2.82. The number of nitrogens with zero attached hydrogens (tertiary/aromatic N) is 1. The van der Waals surface area contributed by atoms with Gasteiger partial charge in [0.2, 0.25) is 5.91 Å². The molecule has 0 aliphatic rings. The number of carbonyl (C=O) groups excluding carboxylic acids is 1. The molecule has 0 aliphatic carbocycles. The lowest BCUT2D eigenvalue weighted by atomic mass is 10.1. The van der Waals surface area contributed by atoms with Crippen molar-refractivity contribution in [3.63, 3.8) is 0 Å². The van der Waals surface area contributed by atoms with Crippen molar-refractivity contribution >= 4 is 11.9 Å². The average Bonchev–Trinajstić information content (AvgIpc) is 2.62. The number of nitrogens with two attached hydrogens (primary N) is 1. The molecule has 0 aromatic heterocycles. The molecule has 2 rings (SSSR count). The summed E-state index contributed by atoms with van der Waals surface area (Å²) in [4.78, 5) is 15.5. The van der Waals surface area contributed by atoms with E-state index in [1.165, 1.54) is 11.1 Å². The molecule has 0 heterocycles. The number of primary amides is 1. The lowest BCUT2D eigenvalue weighted by Crippen LogP contribution is -2.36. The van der Waals surface area contributed by atoms with E-state index in [2.05, 4.69) is 40.7 Å². The summed E-state index contributed by atoms with van der Waals surface area (Å²) in [5.74, 6) is 0.293. The van der Waals surface area contributed by atoms with Crippen LogP contribution in [0.5, 0.6) is 0 Å². The van der Waals surface area contributed by atoms with E-state index in [9.17, 15) is 4.79 Å².